The number of ether oxygens (including phenoxy) is 1. The lowest BCUT2D eigenvalue weighted by molar-refractivity contribution is -0.137. The molecule has 2 N–H and O–H groups in total. The summed E-state index contributed by atoms with van der Waals surface area (Å²) in [5.41, 5.74) is 1.99. The Bertz CT molecular complexity index is 1790. The fraction of sp³-hybridized carbons (Fsp3) is 0.156. The van der Waals surface area contributed by atoms with Gasteiger partial charge < -0.3 is 10.1 Å². The van der Waals surface area contributed by atoms with E-state index in [1.54, 1.807) is 30.3 Å². The first kappa shape index (κ1) is 28.9. The molecule has 6 nitrogen and oxygen atoms in total. The average molecular weight is 593 g/mol. The Hall–Kier alpha value is -4.57. The van der Waals surface area contributed by atoms with Crippen molar-refractivity contribution in [3.63, 3.8) is 0 Å². The minimum Gasteiger partial charge on any atom is -0.457 e. The van der Waals surface area contributed by atoms with Gasteiger partial charge in [0, 0.05) is 22.5 Å². The van der Waals surface area contributed by atoms with Crippen LogP contribution in [0.1, 0.15) is 43.0 Å². The van der Waals surface area contributed by atoms with E-state index in [1.807, 2.05) is 24.3 Å². The summed E-state index contributed by atoms with van der Waals surface area (Å²) in [7, 11) is -4.17. The zero-order valence-electron chi connectivity index (χ0n) is 22.9. The summed E-state index contributed by atoms with van der Waals surface area (Å²) in [6.45, 7) is 6.39. The fourth-order valence-corrected chi connectivity index (χ4v) is 5.50. The molecule has 0 atom stereocenters. The van der Waals surface area contributed by atoms with Crippen LogP contribution in [0.2, 0.25) is 0 Å². The minimum atomic E-state index is -4.54. The number of nitrogens with one attached hydrogen (secondary N) is 2. The maximum Gasteiger partial charge on any atom is 0.416 e. The highest BCUT2D eigenvalue weighted by molar-refractivity contribution is 7.92. The van der Waals surface area contributed by atoms with Gasteiger partial charge in [0.1, 0.15) is 11.5 Å². The van der Waals surface area contributed by atoms with E-state index in [1.165, 1.54) is 23.8 Å². The minimum absolute atomic E-state index is 0.0141. The lowest BCUT2D eigenvalue weighted by atomic mass is 9.87. The molecule has 0 spiro atoms. The molecule has 0 radical (unpaired) electrons. The molecule has 1 heterocycles. The van der Waals surface area contributed by atoms with Crippen LogP contribution < -0.4 is 14.8 Å². The maximum atomic E-state index is 13.0. The fourth-order valence-electron chi connectivity index (χ4n) is 4.41. The molecule has 0 saturated carbocycles. The summed E-state index contributed by atoms with van der Waals surface area (Å²) in [5, 5.41) is 2.73. The van der Waals surface area contributed by atoms with Crippen molar-refractivity contribution in [2.75, 3.05) is 10.0 Å². The molecular formula is C32H27F3N2O4S. The molecule has 1 amide bonds. The van der Waals surface area contributed by atoms with E-state index in [0.717, 1.165) is 24.3 Å². The zero-order chi connectivity index (χ0) is 30.3. The number of alkyl halides is 3. The molecule has 4 aromatic carbocycles. The van der Waals surface area contributed by atoms with Crippen LogP contribution in [0.4, 0.5) is 24.5 Å². The highest BCUT2D eigenvalue weighted by Crippen LogP contribution is 2.36. The summed E-state index contributed by atoms with van der Waals surface area (Å²) in [6.07, 6.45) is -2.90. The van der Waals surface area contributed by atoms with Gasteiger partial charge in [-0.15, -0.1) is 0 Å². The van der Waals surface area contributed by atoms with Crippen LogP contribution in [0, 0.1) is 0 Å². The third kappa shape index (κ3) is 6.33. The Morgan fingerprint density at radius 3 is 2.12 bits per heavy atom. The number of fused-ring (bicyclic) bond motifs is 1. The highest BCUT2D eigenvalue weighted by Gasteiger charge is 2.30. The van der Waals surface area contributed by atoms with E-state index in [2.05, 4.69) is 30.8 Å². The molecule has 1 aliphatic rings. The monoisotopic (exact) mass is 592 g/mol. The van der Waals surface area contributed by atoms with Crippen molar-refractivity contribution in [1.82, 2.24) is 0 Å². The van der Waals surface area contributed by atoms with Gasteiger partial charge in [0.2, 0.25) is 0 Å². The molecule has 0 bridgehead atoms. The second-order valence-corrected chi connectivity index (χ2v) is 12.5. The number of halogens is 3. The van der Waals surface area contributed by atoms with Gasteiger partial charge in [0.05, 0.1) is 10.5 Å². The molecule has 10 heteroatoms. The van der Waals surface area contributed by atoms with Crippen molar-refractivity contribution in [2.24, 2.45) is 0 Å². The van der Waals surface area contributed by atoms with E-state index in [4.69, 9.17) is 4.74 Å². The van der Waals surface area contributed by atoms with Gasteiger partial charge in [-0.1, -0.05) is 45.0 Å². The van der Waals surface area contributed by atoms with Crippen LogP contribution >= 0.6 is 0 Å². The first-order valence-corrected chi connectivity index (χ1v) is 14.4. The number of amides is 1. The van der Waals surface area contributed by atoms with Crippen molar-refractivity contribution >= 4 is 39.0 Å². The van der Waals surface area contributed by atoms with E-state index in [0.29, 0.717) is 28.3 Å². The van der Waals surface area contributed by atoms with E-state index in [-0.39, 0.29) is 21.6 Å². The largest absolute Gasteiger partial charge is 0.457 e. The second-order valence-electron chi connectivity index (χ2n) is 10.8. The van der Waals surface area contributed by atoms with Crippen LogP contribution in [0.3, 0.4) is 0 Å². The van der Waals surface area contributed by atoms with Crippen molar-refractivity contribution in [1.29, 1.82) is 0 Å². The average Bonchev–Trinajstić information content (AvgIpc) is 3.22. The number of benzene rings is 4. The van der Waals surface area contributed by atoms with Crippen LogP contribution in [-0.2, 0) is 26.4 Å². The number of sulfonamides is 1. The zero-order valence-corrected chi connectivity index (χ0v) is 23.7. The van der Waals surface area contributed by atoms with Crippen LogP contribution in [0.15, 0.2) is 95.9 Å². The molecule has 0 fully saturated rings. The molecule has 4 aromatic rings. The third-order valence-corrected chi connectivity index (χ3v) is 8.05. The predicted octanol–water partition coefficient (Wildman–Crippen LogP) is 8.09. The Kier molecular flexibility index (Phi) is 7.36. The Balaban J connectivity index is 1.39. The summed E-state index contributed by atoms with van der Waals surface area (Å²) < 4.78 is 73.0. The van der Waals surface area contributed by atoms with Gasteiger partial charge in [-0.3, -0.25) is 9.52 Å². The molecule has 0 saturated heterocycles. The van der Waals surface area contributed by atoms with Crippen molar-refractivity contribution in [3.05, 3.63) is 113 Å². The third-order valence-electron chi connectivity index (χ3n) is 6.67. The van der Waals surface area contributed by atoms with E-state index < -0.39 is 27.7 Å². The maximum absolute atomic E-state index is 13.0. The summed E-state index contributed by atoms with van der Waals surface area (Å²) in [5.74, 6) is 0.815. The van der Waals surface area contributed by atoms with Gasteiger partial charge in [0.25, 0.3) is 15.9 Å². The number of carbonyl (C=O) groups excluding carboxylic acids is 1. The number of anilines is 2. The van der Waals surface area contributed by atoms with Gasteiger partial charge in [0.15, 0.2) is 0 Å². The molecule has 0 unspecified atom stereocenters. The molecule has 0 aromatic heterocycles. The number of carbonyl (C=O) groups is 1. The molecule has 1 aliphatic heterocycles. The Labute approximate surface area is 241 Å². The lowest BCUT2D eigenvalue weighted by Gasteiger charge is -2.19. The molecule has 42 heavy (non-hydrogen) atoms. The quantitative estimate of drug-likeness (QED) is 0.222. The Morgan fingerprint density at radius 2 is 1.48 bits per heavy atom. The van der Waals surface area contributed by atoms with Crippen molar-refractivity contribution in [2.45, 2.75) is 37.3 Å². The van der Waals surface area contributed by atoms with E-state index in [9.17, 15) is 26.4 Å². The van der Waals surface area contributed by atoms with Crippen LogP contribution in [-0.4, -0.2) is 14.3 Å². The van der Waals surface area contributed by atoms with E-state index >= 15 is 0 Å². The first-order chi connectivity index (χ1) is 19.7. The predicted molar refractivity (Wildman–Crippen MR) is 157 cm³/mol. The topological polar surface area (TPSA) is 84.5 Å². The lowest BCUT2D eigenvalue weighted by Crippen LogP contribution is -2.13. The van der Waals surface area contributed by atoms with Gasteiger partial charge >= 0.3 is 6.18 Å². The van der Waals surface area contributed by atoms with Crippen LogP contribution in [0.5, 0.6) is 11.5 Å². The van der Waals surface area contributed by atoms with Crippen LogP contribution in [0.25, 0.3) is 11.6 Å². The molecule has 216 valence electrons. The normalized spacial score (nSPS) is 14.4. The number of hydrogen-bond donors (Lipinski definition) is 2. The number of rotatable bonds is 6. The first-order valence-electron chi connectivity index (χ1n) is 13.0. The standard InChI is InChI=1S/C32H27F3N2O4S/c1-31(2,3)21-9-13-24(14-10-21)41-25-6-4-5-20(17-25)18-28-27-19-26(15-16-29(27)36-30(28)38)42(39,40)37-23-11-7-22(8-12-23)32(33,34)35/h4-19,37H,1-3H3,(H,36,38). The second kappa shape index (κ2) is 10.7. The highest BCUT2D eigenvalue weighted by atomic mass is 32.2. The summed E-state index contributed by atoms with van der Waals surface area (Å²) in [6, 6.07) is 22.8. The van der Waals surface area contributed by atoms with Crippen molar-refractivity contribution < 1.29 is 31.1 Å². The summed E-state index contributed by atoms with van der Waals surface area (Å²) >= 11 is 0. The summed E-state index contributed by atoms with van der Waals surface area (Å²) in [4.78, 5) is 12.7. The smallest absolute Gasteiger partial charge is 0.416 e. The van der Waals surface area contributed by atoms with Gasteiger partial charge in [-0.2, -0.15) is 13.2 Å². The van der Waals surface area contributed by atoms with Gasteiger partial charge in [-0.05, 0) is 89.3 Å². The SMILES string of the molecule is CC(C)(C)c1ccc(Oc2cccc(C=C3C(=O)Nc4ccc(S(=O)(=O)Nc5ccc(C(F)(F)F)cc5)cc43)c2)cc1. The van der Waals surface area contributed by atoms with Crippen molar-refractivity contribution in [3.8, 4) is 11.5 Å². The molecule has 0 aliphatic carbocycles. The Morgan fingerprint density at radius 1 is 0.810 bits per heavy atom. The van der Waals surface area contributed by atoms with Gasteiger partial charge in [-0.25, -0.2) is 8.42 Å². The number of hydrogen-bond acceptors (Lipinski definition) is 4. The molecule has 5 rings (SSSR count). The molecular weight excluding hydrogens is 565 g/mol.